The van der Waals surface area contributed by atoms with Gasteiger partial charge in [-0.1, -0.05) is 0 Å². The van der Waals surface area contributed by atoms with Crippen LogP contribution in [-0.4, -0.2) is 47.1 Å². The van der Waals surface area contributed by atoms with Gasteiger partial charge >= 0.3 is 0 Å². The Balaban J connectivity index is 2.27. The summed E-state index contributed by atoms with van der Waals surface area (Å²) in [7, 11) is 0. The van der Waals surface area contributed by atoms with Crippen LogP contribution in [0.25, 0.3) is 0 Å². The smallest absolute Gasteiger partial charge is 0.225 e. The molecule has 1 unspecified atom stereocenters. The summed E-state index contributed by atoms with van der Waals surface area (Å²) in [4.78, 5) is 16.9. The molecule has 0 spiro atoms. The maximum Gasteiger partial charge on any atom is 0.225 e. The molecule has 0 aliphatic carbocycles. The molecule has 80 valence electrons. The van der Waals surface area contributed by atoms with Gasteiger partial charge in [-0.25, -0.2) is 4.99 Å². The number of hydrogen-bond donors (Lipinski definition) is 3. The van der Waals surface area contributed by atoms with E-state index in [0.717, 1.165) is 0 Å². The molecule has 1 aliphatic heterocycles. The van der Waals surface area contributed by atoms with Crippen molar-refractivity contribution >= 4 is 11.9 Å². The van der Waals surface area contributed by atoms with Crippen LogP contribution < -0.4 is 11.5 Å². The zero-order valence-electron chi connectivity index (χ0n) is 8.18. The van der Waals surface area contributed by atoms with Crippen molar-refractivity contribution in [2.75, 3.05) is 13.1 Å². The Morgan fingerprint density at radius 3 is 2.64 bits per heavy atom. The number of guanidine groups is 1. The van der Waals surface area contributed by atoms with Crippen LogP contribution in [0, 0.1) is 0 Å². The van der Waals surface area contributed by atoms with Gasteiger partial charge in [-0.2, -0.15) is 0 Å². The number of amides is 1. The van der Waals surface area contributed by atoms with Crippen LogP contribution in [0.15, 0.2) is 4.99 Å². The molecule has 1 aliphatic rings. The highest BCUT2D eigenvalue weighted by Crippen LogP contribution is 2.13. The van der Waals surface area contributed by atoms with Crippen LogP contribution in [-0.2, 0) is 4.79 Å². The minimum Gasteiger partial charge on any atom is -0.393 e. The molecule has 1 heterocycles. The summed E-state index contributed by atoms with van der Waals surface area (Å²) in [5.74, 6) is -0.000307. The summed E-state index contributed by atoms with van der Waals surface area (Å²) < 4.78 is 0. The number of carbonyl (C=O) groups excluding carboxylic acids is 1. The van der Waals surface area contributed by atoms with E-state index in [1.54, 1.807) is 11.8 Å². The fourth-order valence-corrected chi connectivity index (χ4v) is 1.33. The average molecular weight is 200 g/mol. The van der Waals surface area contributed by atoms with Crippen LogP contribution in [0.4, 0.5) is 0 Å². The van der Waals surface area contributed by atoms with Crippen molar-refractivity contribution in [1.29, 1.82) is 0 Å². The standard InChI is InChI=1S/C8H16N4O2/c1-5(13)2-7(14)12-3-6(4-12)11-8(9)10/h5-6,13H,2-4H2,1H3,(H4,9,10,11). The highest BCUT2D eigenvalue weighted by atomic mass is 16.3. The molecule has 6 heteroatoms. The third kappa shape index (κ3) is 2.88. The van der Waals surface area contributed by atoms with Gasteiger partial charge in [0, 0.05) is 13.1 Å². The third-order valence-corrected chi connectivity index (χ3v) is 2.02. The normalized spacial score (nSPS) is 18.6. The largest absolute Gasteiger partial charge is 0.393 e. The van der Waals surface area contributed by atoms with Crippen molar-refractivity contribution in [3.63, 3.8) is 0 Å². The lowest BCUT2D eigenvalue weighted by molar-refractivity contribution is -0.137. The number of nitrogens with two attached hydrogens (primary N) is 2. The van der Waals surface area contributed by atoms with Gasteiger partial charge in [0.25, 0.3) is 0 Å². The molecule has 1 rings (SSSR count). The van der Waals surface area contributed by atoms with Crippen molar-refractivity contribution in [1.82, 2.24) is 4.90 Å². The second kappa shape index (κ2) is 4.28. The number of aliphatic hydroxyl groups is 1. The molecule has 1 saturated heterocycles. The van der Waals surface area contributed by atoms with E-state index in [0.29, 0.717) is 13.1 Å². The van der Waals surface area contributed by atoms with Crippen LogP contribution >= 0.6 is 0 Å². The third-order valence-electron chi connectivity index (χ3n) is 2.02. The second-order valence-corrected chi connectivity index (χ2v) is 3.56. The monoisotopic (exact) mass is 200 g/mol. The first kappa shape index (κ1) is 10.8. The van der Waals surface area contributed by atoms with E-state index in [1.165, 1.54) is 0 Å². The lowest BCUT2D eigenvalue weighted by atomic mass is 10.1. The molecule has 6 nitrogen and oxygen atoms in total. The number of likely N-dealkylation sites (tertiary alicyclic amines) is 1. The Kier molecular flexibility index (Phi) is 3.29. The van der Waals surface area contributed by atoms with Gasteiger partial charge in [0.05, 0.1) is 18.6 Å². The predicted octanol–water partition coefficient (Wildman–Crippen LogP) is -1.76. The summed E-state index contributed by atoms with van der Waals surface area (Å²) >= 11 is 0. The number of carbonyl (C=O) groups is 1. The molecular formula is C8H16N4O2. The first-order chi connectivity index (χ1) is 6.49. The Morgan fingerprint density at radius 1 is 1.64 bits per heavy atom. The van der Waals surface area contributed by atoms with E-state index in [2.05, 4.69) is 4.99 Å². The molecule has 1 amide bonds. The van der Waals surface area contributed by atoms with Gasteiger partial charge in [-0.05, 0) is 6.92 Å². The molecule has 1 atom stereocenters. The summed E-state index contributed by atoms with van der Waals surface area (Å²) in [6, 6.07) is 0.0259. The highest BCUT2D eigenvalue weighted by molar-refractivity contribution is 5.79. The van der Waals surface area contributed by atoms with Crippen molar-refractivity contribution in [2.24, 2.45) is 16.5 Å². The van der Waals surface area contributed by atoms with Crippen molar-refractivity contribution in [3.8, 4) is 0 Å². The highest BCUT2D eigenvalue weighted by Gasteiger charge is 2.30. The minimum atomic E-state index is -0.593. The van der Waals surface area contributed by atoms with Crippen molar-refractivity contribution < 1.29 is 9.90 Å². The summed E-state index contributed by atoms with van der Waals surface area (Å²) in [6.07, 6.45) is -0.432. The molecule has 1 fully saturated rings. The molecular weight excluding hydrogens is 184 g/mol. The molecule has 0 radical (unpaired) electrons. The Bertz CT molecular complexity index is 242. The maximum absolute atomic E-state index is 11.3. The van der Waals surface area contributed by atoms with Gasteiger partial charge < -0.3 is 21.5 Å². The number of hydrogen-bond acceptors (Lipinski definition) is 3. The fourth-order valence-electron chi connectivity index (χ4n) is 1.33. The second-order valence-electron chi connectivity index (χ2n) is 3.56. The van der Waals surface area contributed by atoms with Crippen molar-refractivity contribution in [3.05, 3.63) is 0 Å². The topological polar surface area (TPSA) is 105 Å². The lowest BCUT2D eigenvalue weighted by Crippen LogP contribution is -2.54. The van der Waals surface area contributed by atoms with Crippen molar-refractivity contribution in [2.45, 2.75) is 25.5 Å². The predicted molar refractivity (Wildman–Crippen MR) is 52.5 cm³/mol. The Morgan fingerprint density at radius 2 is 2.21 bits per heavy atom. The van der Waals surface area contributed by atoms with Gasteiger partial charge in [-0.15, -0.1) is 0 Å². The van der Waals surface area contributed by atoms with E-state index in [9.17, 15) is 4.79 Å². The van der Waals surface area contributed by atoms with Crippen LogP contribution in [0.2, 0.25) is 0 Å². The Labute approximate surface area is 82.6 Å². The number of nitrogens with zero attached hydrogens (tertiary/aromatic N) is 2. The van der Waals surface area contributed by atoms with Gasteiger partial charge in [-0.3, -0.25) is 4.79 Å². The molecule has 5 N–H and O–H groups in total. The van der Waals surface area contributed by atoms with Gasteiger partial charge in [0.1, 0.15) is 0 Å². The molecule has 0 aromatic carbocycles. The fraction of sp³-hybridized carbons (Fsp3) is 0.750. The van der Waals surface area contributed by atoms with Crippen LogP contribution in [0.1, 0.15) is 13.3 Å². The van der Waals surface area contributed by atoms with Crippen LogP contribution in [0.3, 0.4) is 0 Å². The number of rotatable bonds is 3. The average Bonchev–Trinajstić information content (AvgIpc) is 1.93. The molecule has 0 aromatic heterocycles. The Hall–Kier alpha value is -1.30. The summed E-state index contributed by atoms with van der Waals surface area (Å²) in [6.45, 7) is 2.68. The SMILES string of the molecule is CC(O)CC(=O)N1CC(N=C(N)N)C1. The summed E-state index contributed by atoms with van der Waals surface area (Å²) in [5, 5.41) is 8.99. The van der Waals surface area contributed by atoms with E-state index >= 15 is 0 Å². The van der Waals surface area contributed by atoms with Gasteiger partial charge in [0.2, 0.25) is 5.91 Å². The minimum absolute atomic E-state index is 0.0259. The van der Waals surface area contributed by atoms with Crippen LogP contribution in [0.5, 0.6) is 0 Å². The first-order valence-corrected chi connectivity index (χ1v) is 4.53. The molecule has 0 bridgehead atoms. The maximum atomic E-state index is 11.3. The summed E-state index contributed by atoms with van der Waals surface area (Å²) in [5.41, 5.74) is 10.4. The lowest BCUT2D eigenvalue weighted by Gasteiger charge is -2.37. The van der Waals surface area contributed by atoms with E-state index in [4.69, 9.17) is 16.6 Å². The van der Waals surface area contributed by atoms with Gasteiger partial charge in [0.15, 0.2) is 5.96 Å². The zero-order chi connectivity index (χ0) is 10.7. The molecule has 0 aromatic rings. The number of aliphatic hydroxyl groups excluding tert-OH is 1. The van der Waals surface area contributed by atoms with E-state index < -0.39 is 6.10 Å². The molecule has 14 heavy (non-hydrogen) atoms. The quantitative estimate of drug-likeness (QED) is 0.371. The molecule has 0 saturated carbocycles. The van der Waals surface area contributed by atoms with E-state index in [-0.39, 0.29) is 24.3 Å². The number of aliphatic imine (C=N–C) groups is 1. The zero-order valence-corrected chi connectivity index (χ0v) is 8.18. The van der Waals surface area contributed by atoms with E-state index in [1.807, 2.05) is 0 Å². The first-order valence-electron chi connectivity index (χ1n) is 4.53.